The highest BCUT2D eigenvalue weighted by Gasteiger charge is 2.26. The van der Waals surface area contributed by atoms with Crippen molar-refractivity contribution in [2.24, 2.45) is 0 Å². The van der Waals surface area contributed by atoms with Crippen LogP contribution in [0.25, 0.3) is 0 Å². The molecule has 0 radical (unpaired) electrons. The Morgan fingerprint density at radius 1 is 1.38 bits per heavy atom. The highest BCUT2D eigenvalue weighted by Crippen LogP contribution is 2.15. The number of ether oxygens (including phenoxy) is 1. The number of amides is 1. The van der Waals surface area contributed by atoms with Gasteiger partial charge in [-0.2, -0.15) is 0 Å². The minimum atomic E-state index is -3.70. The zero-order chi connectivity index (χ0) is 16.0. The Morgan fingerprint density at radius 2 is 2.05 bits per heavy atom. The lowest BCUT2D eigenvalue weighted by Crippen LogP contribution is -2.44. The largest absolute Gasteiger partial charge is 0.497 e. The molecule has 21 heavy (non-hydrogen) atoms. The number of carboxylic acids is 1. The third kappa shape index (κ3) is 5.82. The first-order valence-corrected chi connectivity index (χ1v) is 7.89. The van der Waals surface area contributed by atoms with Gasteiger partial charge in [0.1, 0.15) is 11.8 Å². The van der Waals surface area contributed by atoms with E-state index >= 15 is 0 Å². The molecule has 1 rings (SSSR count). The van der Waals surface area contributed by atoms with Crippen LogP contribution in [-0.2, 0) is 25.2 Å². The summed E-state index contributed by atoms with van der Waals surface area (Å²) in [5.74, 6) is -2.47. The third-order valence-electron chi connectivity index (χ3n) is 2.62. The molecule has 0 aliphatic carbocycles. The molecule has 2 N–H and O–H groups in total. The molecule has 0 fully saturated rings. The lowest BCUT2D eigenvalue weighted by molar-refractivity contribution is -0.140. The Balaban J connectivity index is 2.84. The van der Waals surface area contributed by atoms with Gasteiger partial charge in [-0.15, -0.1) is 0 Å². The number of aliphatic carboxylic acids is 1. The fraction of sp³-hybridized carbons (Fsp3) is 0.385. The van der Waals surface area contributed by atoms with Crippen molar-refractivity contribution < 1.29 is 27.9 Å². The van der Waals surface area contributed by atoms with Crippen LogP contribution in [-0.4, -0.2) is 44.3 Å². The summed E-state index contributed by atoms with van der Waals surface area (Å²) < 4.78 is 29.1. The third-order valence-corrected chi connectivity index (χ3v) is 4.23. The summed E-state index contributed by atoms with van der Waals surface area (Å²) in [7, 11) is -2.24. The number of benzene rings is 1. The van der Waals surface area contributed by atoms with Gasteiger partial charge in [-0.25, -0.2) is 13.2 Å². The van der Waals surface area contributed by atoms with E-state index in [1.165, 1.54) is 7.11 Å². The standard InChI is InChI=1S/C13H17NO6S/c1-9(15)14-12(13(16)17)8-21(18,19)7-10-4-3-5-11(6-10)20-2/h3-6,12H,7-8H2,1-2H3,(H,14,15)(H,16,17)/t12-/m0/s1. The van der Waals surface area contributed by atoms with E-state index < -0.39 is 33.5 Å². The Hall–Kier alpha value is -2.09. The van der Waals surface area contributed by atoms with Crippen LogP contribution in [0.15, 0.2) is 24.3 Å². The van der Waals surface area contributed by atoms with Gasteiger partial charge >= 0.3 is 5.97 Å². The summed E-state index contributed by atoms with van der Waals surface area (Å²) in [4.78, 5) is 21.9. The molecule has 0 aliphatic heterocycles. The van der Waals surface area contributed by atoms with E-state index in [1.54, 1.807) is 24.3 Å². The van der Waals surface area contributed by atoms with Gasteiger partial charge in [0, 0.05) is 6.92 Å². The summed E-state index contributed by atoms with van der Waals surface area (Å²) in [5, 5.41) is 11.0. The lowest BCUT2D eigenvalue weighted by Gasteiger charge is -2.13. The van der Waals surface area contributed by atoms with Crippen LogP contribution in [0, 0.1) is 0 Å². The van der Waals surface area contributed by atoms with Gasteiger partial charge in [0.25, 0.3) is 0 Å². The molecular weight excluding hydrogens is 298 g/mol. The van der Waals surface area contributed by atoms with Crippen LogP contribution < -0.4 is 10.1 Å². The molecule has 0 unspecified atom stereocenters. The van der Waals surface area contributed by atoms with Gasteiger partial charge in [-0.3, -0.25) is 4.79 Å². The maximum absolute atomic E-state index is 12.0. The monoisotopic (exact) mass is 315 g/mol. The van der Waals surface area contributed by atoms with Crippen molar-refractivity contribution in [2.45, 2.75) is 18.7 Å². The Kier molecular flexibility index (Phi) is 5.71. The van der Waals surface area contributed by atoms with Crippen molar-refractivity contribution >= 4 is 21.7 Å². The average Bonchev–Trinajstić information content (AvgIpc) is 2.36. The maximum Gasteiger partial charge on any atom is 0.327 e. The number of sulfone groups is 1. The predicted molar refractivity (Wildman–Crippen MR) is 75.7 cm³/mol. The van der Waals surface area contributed by atoms with E-state index in [0.717, 1.165) is 6.92 Å². The molecule has 0 saturated carbocycles. The molecule has 1 aromatic rings. The SMILES string of the molecule is COc1cccc(CS(=O)(=O)C[C@H](NC(C)=O)C(=O)O)c1. The van der Waals surface area contributed by atoms with Crippen LogP contribution >= 0.6 is 0 Å². The smallest absolute Gasteiger partial charge is 0.327 e. The molecule has 7 nitrogen and oxygen atoms in total. The Bertz CT molecular complexity index is 625. The second-order valence-corrected chi connectivity index (χ2v) is 6.61. The van der Waals surface area contributed by atoms with Gasteiger partial charge in [0.15, 0.2) is 9.84 Å². The fourth-order valence-corrected chi connectivity index (χ4v) is 3.29. The number of carbonyl (C=O) groups excluding carboxylic acids is 1. The van der Waals surface area contributed by atoms with Gasteiger partial charge < -0.3 is 15.2 Å². The second-order valence-electron chi connectivity index (χ2n) is 4.50. The minimum absolute atomic E-state index is 0.326. The first-order chi connectivity index (χ1) is 9.73. The van der Waals surface area contributed by atoms with E-state index in [-0.39, 0.29) is 5.75 Å². The van der Waals surface area contributed by atoms with E-state index in [4.69, 9.17) is 9.84 Å². The van der Waals surface area contributed by atoms with Crippen molar-refractivity contribution in [3.8, 4) is 5.75 Å². The molecular formula is C13H17NO6S. The number of hydrogen-bond donors (Lipinski definition) is 2. The summed E-state index contributed by atoms with van der Waals surface area (Å²) in [6, 6.07) is 5.03. The molecule has 0 saturated heterocycles. The molecule has 1 amide bonds. The normalized spacial score (nSPS) is 12.5. The summed E-state index contributed by atoms with van der Waals surface area (Å²) in [6.07, 6.45) is 0. The summed E-state index contributed by atoms with van der Waals surface area (Å²) in [6.45, 7) is 1.13. The molecule has 0 spiro atoms. The van der Waals surface area contributed by atoms with Crippen molar-refractivity contribution in [1.82, 2.24) is 5.32 Å². The summed E-state index contributed by atoms with van der Waals surface area (Å²) >= 11 is 0. The van der Waals surface area contributed by atoms with Crippen LogP contribution in [0.1, 0.15) is 12.5 Å². The number of rotatable bonds is 7. The van der Waals surface area contributed by atoms with E-state index in [2.05, 4.69) is 5.32 Å². The van der Waals surface area contributed by atoms with Gasteiger partial charge in [0.2, 0.25) is 5.91 Å². The van der Waals surface area contributed by atoms with Crippen LogP contribution in [0.3, 0.4) is 0 Å². The minimum Gasteiger partial charge on any atom is -0.497 e. The number of nitrogens with one attached hydrogen (secondary N) is 1. The topological polar surface area (TPSA) is 110 Å². The van der Waals surface area contributed by atoms with E-state index in [9.17, 15) is 18.0 Å². The van der Waals surface area contributed by atoms with E-state index in [1.807, 2.05) is 0 Å². The number of carboxylic acid groups (broad SMARTS) is 1. The van der Waals surface area contributed by atoms with Crippen molar-refractivity contribution in [3.05, 3.63) is 29.8 Å². The lowest BCUT2D eigenvalue weighted by atomic mass is 10.2. The van der Waals surface area contributed by atoms with E-state index in [0.29, 0.717) is 11.3 Å². The highest BCUT2D eigenvalue weighted by atomic mass is 32.2. The highest BCUT2D eigenvalue weighted by molar-refractivity contribution is 7.90. The number of methoxy groups -OCH3 is 1. The Morgan fingerprint density at radius 3 is 2.57 bits per heavy atom. The molecule has 0 bridgehead atoms. The first kappa shape index (κ1) is 17.0. The first-order valence-electron chi connectivity index (χ1n) is 6.07. The molecule has 1 aromatic carbocycles. The zero-order valence-corrected chi connectivity index (χ0v) is 12.5. The molecule has 8 heteroatoms. The predicted octanol–water partition coefficient (Wildman–Crippen LogP) is 0.199. The average molecular weight is 315 g/mol. The summed E-state index contributed by atoms with van der Waals surface area (Å²) in [5.41, 5.74) is 0.487. The molecule has 116 valence electrons. The van der Waals surface area contributed by atoms with Gasteiger partial charge in [-0.05, 0) is 17.7 Å². The van der Waals surface area contributed by atoms with Crippen LogP contribution in [0.4, 0.5) is 0 Å². The van der Waals surface area contributed by atoms with Crippen LogP contribution in [0.5, 0.6) is 5.75 Å². The van der Waals surface area contributed by atoms with Gasteiger partial charge in [-0.1, -0.05) is 12.1 Å². The maximum atomic E-state index is 12.0. The molecule has 0 aromatic heterocycles. The second kappa shape index (κ2) is 7.07. The van der Waals surface area contributed by atoms with Crippen molar-refractivity contribution in [1.29, 1.82) is 0 Å². The molecule has 0 heterocycles. The van der Waals surface area contributed by atoms with Gasteiger partial charge in [0.05, 0.1) is 18.6 Å². The Labute approximate surface area is 122 Å². The number of hydrogen-bond acceptors (Lipinski definition) is 5. The molecule has 1 atom stereocenters. The number of carbonyl (C=O) groups is 2. The van der Waals surface area contributed by atoms with Crippen molar-refractivity contribution in [3.63, 3.8) is 0 Å². The zero-order valence-electron chi connectivity index (χ0n) is 11.7. The quantitative estimate of drug-likeness (QED) is 0.744. The fourth-order valence-electron chi connectivity index (χ4n) is 1.75. The van der Waals surface area contributed by atoms with Crippen molar-refractivity contribution in [2.75, 3.05) is 12.9 Å². The molecule has 0 aliphatic rings. The van der Waals surface area contributed by atoms with Crippen LogP contribution in [0.2, 0.25) is 0 Å².